The predicted molar refractivity (Wildman–Crippen MR) is 78.8 cm³/mol. The second-order valence-corrected chi connectivity index (χ2v) is 5.35. The van der Waals surface area contributed by atoms with E-state index in [1.54, 1.807) is 18.3 Å². The minimum absolute atomic E-state index is 0.0101. The first-order valence-corrected chi connectivity index (χ1v) is 7.33. The maximum atomic E-state index is 12.3. The second-order valence-electron chi connectivity index (χ2n) is 5.35. The van der Waals surface area contributed by atoms with Crippen LogP contribution in [0.5, 0.6) is 0 Å². The number of amides is 1. The van der Waals surface area contributed by atoms with E-state index in [0.717, 1.165) is 25.9 Å². The lowest BCUT2D eigenvalue weighted by Gasteiger charge is -2.20. The Bertz CT molecular complexity index is 702. The zero-order chi connectivity index (χ0) is 14.7. The third-order valence-electron chi connectivity index (χ3n) is 3.86. The summed E-state index contributed by atoms with van der Waals surface area (Å²) in [5.74, 6) is -0.0101. The molecule has 1 amide bonds. The molecule has 21 heavy (non-hydrogen) atoms. The molecule has 0 spiro atoms. The number of rotatable bonds is 2. The molecule has 1 saturated heterocycles. The van der Waals surface area contributed by atoms with E-state index in [9.17, 15) is 9.59 Å². The van der Waals surface area contributed by atoms with Crippen LogP contribution in [-0.2, 0) is 11.3 Å². The summed E-state index contributed by atoms with van der Waals surface area (Å²) in [6.45, 7) is 1.63. The fourth-order valence-electron chi connectivity index (χ4n) is 2.68. The Kier molecular flexibility index (Phi) is 3.94. The van der Waals surface area contributed by atoms with E-state index < -0.39 is 0 Å². The number of hydrogen-bond donors (Lipinski definition) is 0. The van der Waals surface area contributed by atoms with Crippen molar-refractivity contribution in [3.8, 4) is 0 Å². The Labute approximate surface area is 122 Å². The van der Waals surface area contributed by atoms with Crippen LogP contribution in [0.3, 0.4) is 0 Å². The number of likely N-dealkylation sites (tertiary alicyclic amines) is 1. The molecule has 0 radical (unpaired) electrons. The minimum Gasteiger partial charge on any atom is -0.341 e. The molecule has 1 aliphatic rings. The van der Waals surface area contributed by atoms with Crippen LogP contribution in [0.2, 0.25) is 0 Å². The SMILES string of the molecule is O=C(Cn1cnc2ncccc2c1=O)N1CCCCCC1. The van der Waals surface area contributed by atoms with Crippen molar-refractivity contribution in [1.82, 2.24) is 19.4 Å². The lowest BCUT2D eigenvalue weighted by molar-refractivity contribution is -0.131. The Morgan fingerprint density at radius 3 is 2.67 bits per heavy atom. The van der Waals surface area contributed by atoms with Gasteiger partial charge in [-0.05, 0) is 25.0 Å². The molecule has 0 atom stereocenters. The molecule has 0 saturated carbocycles. The van der Waals surface area contributed by atoms with Crippen molar-refractivity contribution in [3.05, 3.63) is 35.0 Å². The first-order valence-electron chi connectivity index (χ1n) is 7.33. The maximum absolute atomic E-state index is 12.3. The van der Waals surface area contributed by atoms with Crippen molar-refractivity contribution in [3.63, 3.8) is 0 Å². The molecule has 3 heterocycles. The van der Waals surface area contributed by atoms with Gasteiger partial charge in [0.15, 0.2) is 5.65 Å². The Balaban J connectivity index is 1.82. The van der Waals surface area contributed by atoms with Gasteiger partial charge in [-0.3, -0.25) is 14.2 Å². The summed E-state index contributed by atoms with van der Waals surface area (Å²) in [6, 6.07) is 3.39. The summed E-state index contributed by atoms with van der Waals surface area (Å²) >= 11 is 0. The highest BCUT2D eigenvalue weighted by molar-refractivity contribution is 5.77. The van der Waals surface area contributed by atoms with E-state index >= 15 is 0 Å². The number of fused-ring (bicyclic) bond motifs is 1. The molecule has 2 aromatic rings. The zero-order valence-corrected chi connectivity index (χ0v) is 11.9. The fraction of sp³-hybridized carbons (Fsp3) is 0.467. The fourth-order valence-corrected chi connectivity index (χ4v) is 2.68. The number of nitrogens with zero attached hydrogens (tertiary/aromatic N) is 4. The highest BCUT2D eigenvalue weighted by atomic mass is 16.2. The van der Waals surface area contributed by atoms with Gasteiger partial charge in [-0.2, -0.15) is 0 Å². The molecule has 0 unspecified atom stereocenters. The van der Waals surface area contributed by atoms with E-state index in [4.69, 9.17) is 0 Å². The molecule has 2 aromatic heterocycles. The molecule has 1 aliphatic heterocycles. The van der Waals surface area contributed by atoms with Crippen LogP contribution < -0.4 is 5.56 Å². The summed E-state index contributed by atoms with van der Waals surface area (Å²) in [7, 11) is 0. The smallest absolute Gasteiger partial charge is 0.263 e. The summed E-state index contributed by atoms with van der Waals surface area (Å²) < 4.78 is 1.37. The van der Waals surface area contributed by atoms with Crippen molar-refractivity contribution < 1.29 is 4.79 Å². The molecular formula is C15H18N4O2. The van der Waals surface area contributed by atoms with Crippen LogP contribution in [0.15, 0.2) is 29.5 Å². The average Bonchev–Trinajstić information content (AvgIpc) is 2.79. The molecule has 110 valence electrons. The number of hydrogen-bond acceptors (Lipinski definition) is 4. The molecular weight excluding hydrogens is 268 g/mol. The minimum atomic E-state index is -0.212. The van der Waals surface area contributed by atoms with E-state index in [-0.39, 0.29) is 18.0 Å². The highest BCUT2D eigenvalue weighted by Crippen LogP contribution is 2.10. The van der Waals surface area contributed by atoms with E-state index in [2.05, 4.69) is 9.97 Å². The van der Waals surface area contributed by atoms with Gasteiger partial charge in [-0.1, -0.05) is 12.8 Å². The normalized spacial score (nSPS) is 15.9. The molecule has 1 fully saturated rings. The molecule has 0 aromatic carbocycles. The van der Waals surface area contributed by atoms with Gasteiger partial charge in [0.25, 0.3) is 5.56 Å². The summed E-state index contributed by atoms with van der Waals surface area (Å²) in [4.78, 5) is 34.7. The second kappa shape index (κ2) is 6.03. The number of aromatic nitrogens is 3. The lowest BCUT2D eigenvalue weighted by atomic mass is 10.2. The van der Waals surface area contributed by atoms with Crippen LogP contribution in [0.1, 0.15) is 25.7 Å². The number of carbonyl (C=O) groups is 1. The summed E-state index contributed by atoms with van der Waals surface area (Å²) in [5, 5.41) is 0.448. The van der Waals surface area contributed by atoms with Crippen LogP contribution in [-0.4, -0.2) is 38.4 Å². The van der Waals surface area contributed by atoms with E-state index in [1.165, 1.54) is 23.7 Å². The number of pyridine rings is 1. The maximum Gasteiger partial charge on any atom is 0.263 e. The van der Waals surface area contributed by atoms with Gasteiger partial charge in [0.1, 0.15) is 12.9 Å². The van der Waals surface area contributed by atoms with E-state index in [0.29, 0.717) is 11.0 Å². The molecule has 6 nitrogen and oxygen atoms in total. The quantitative estimate of drug-likeness (QED) is 0.831. The van der Waals surface area contributed by atoms with Crippen molar-refractivity contribution in [2.24, 2.45) is 0 Å². The van der Waals surface area contributed by atoms with Crippen LogP contribution in [0.25, 0.3) is 11.0 Å². The van der Waals surface area contributed by atoms with Gasteiger partial charge >= 0.3 is 0 Å². The predicted octanol–water partition coefficient (Wildman–Crippen LogP) is 1.19. The van der Waals surface area contributed by atoms with Gasteiger partial charge in [0.2, 0.25) is 5.91 Å². The van der Waals surface area contributed by atoms with Gasteiger partial charge in [0, 0.05) is 19.3 Å². The Hall–Kier alpha value is -2.24. The van der Waals surface area contributed by atoms with Crippen LogP contribution >= 0.6 is 0 Å². The van der Waals surface area contributed by atoms with Crippen molar-refractivity contribution in [2.75, 3.05) is 13.1 Å². The van der Waals surface area contributed by atoms with Crippen molar-refractivity contribution in [2.45, 2.75) is 32.2 Å². The Morgan fingerprint density at radius 1 is 1.14 bits per heavy atom. The van der Waals surface area contributed by atoms with Gasteiger partial charge < -0.3 is 4.90 Å². The zero-order valence-electron chi connectivity index (χ0n) is 11.9. The number of carbonyl (C=O) groups excluding carboxylic acids is 1. The highest BCUT2D eigenvalue weighted by Gasteiger charge is 2.16. The van der Waals surface area contributed by atoms with Gasteiger partial charge in [0.05, 0.1) is 5.39 Å². The average molecular weight is 286 g/mol. The first-order chi connectivity index (χ1) is 10.3. The van der Waals surface area contributed by atoms with Crippen LogP contribution in [0.4, 0.5) is 0 Å². The molecule has 3 rings (SSSR count). The topological polar surface area (TPSA) is 68.1 Å². The molecule has 0 aliphatic carbocycles. The van der Waals surface area contributed by atoms with Crippen LogP contribution in [0, 0.1) is 0 Å². The van der Waals surface area contributed by atoms with Crippen molar-refractivity contribution >= 4 is 16.9 Å². The monoisotopic (exact) mass is 286 g/mol. The largest absolute Gasteiger partial charge is 0.341 e. The van der Waals surface area contributed by atoms with Gasteiger partial charge in [-0.15, -0.1) is 0 Å². The molecule has 0 N–H and O–H groups in total. The summed E-state index contributed by atoms with van der Waals surface area (Å²) in [6.07, 6.45) is 7.44. The molecule has 0 bridgehead atoms. The van der Waals surface area contributed by atoms with E-state index in [1.807, 2.05) is 4.90 Å². The molecule has 6 heteroatoms. The summed E-state index contributed by atoms with van der Waals surface area (Å²) in [5.41, 5.74) is 0.206. The lowest BCUT2D eigenvalue weighted by Crippen LogP contribution is -2.37. The standard InChI is InChI=1S/C15H18N4O2/c20-13(18-8-3-1-2-4-9-18)10-19-11-17-14-12(15(19)21)6-5-7-16-14/h5-7,11H,1-4,8-10H2. The third-order valence-corrected chi connectivity index (χ3v) is 3.86. The first kappa shape index (κ1) is 13.7. The van der Waals surface area contributed by atoms with Gasteiger partial charge in [-0.25, -0.2) is 9.97 Å². The van der Waals surface area contributed by atoms with Crippen molar-refractivity contribution in [1.29, 1.82) is 0 Å². The third kappa shape index (κ3) is 2.94. The Morgan fingerprint density at radius 2 is 1.90 bits per heavy atom.